The number of benzene rings is 2. The Hall–Kier alpha value is -3.45. The molecule has 7 heteroatoms. The Balaban J connectivity index is 1.43. The first kappa shape index (κ1) is 18.6. The molecule has 0 bridgehead atoms. The van der Waals surface area contributed by atoms with Crippen molar-refractivity contribution in [2.45, 2.75) is 6.92 Å². The molecule has 3 heterocycles. The highest BCUT2D eigenvalue weighted by Gasteiger charge is 2.17. The van der Waals surface area contributed by atoms with Crippen molar-refractivity contribution >= 4 is 28.2 Å². The van der Waals surface area contributed by atoms with Crippen molar-refractivity contribution in [1.82, 2.24) is 15.0 Å². The lowest BCUT2D eigenvalue weighted by Crippen LogP contribution is -2.36. The highest BCUT2D eigenvalue weighted by Crippen LogP contribution is 2.33. The van der Waals surface area contributed by atoms with Crippen molar-refractivity contribution in [2.75, 3.05) is 36.5 Å². The Morgan fingerprint density at radius 2 is 1.83 bits per heavy atom. The van der Waals surface area contributed by atoms with E-state index >= 15 is 0 Å². The van der Waals surface area contributed by atoms with Crippen LogP contribution in [0.25, 0.3) is 22.2 Å². The Kier molecular flexibility index (Phi) is 4.80. The van der Waals surface area contributed by atoms with E-state index in [1.807, 2.05) is 43.3 Å². The summed E-state index contributed by atoms with van der Waals surface area (Å²) in [6.07, 6.45) is 1.22. The summed E-state index contributed by atoms with van der Waals surface area (Å²) >= 11 is 0. The number of para-hydroxylation sites is 1. The summed E-state index contributed by atoms with van der Waals surface area (Å²) in [5, 5.41) is 4.13. The van der Waals surface area contributed by atoms with Gasteiger partial charge in [-0.1, -0.05) is 18.2 Å². The summed E-state index contributed by atoms with van der Waals surface area (Å²) < 4.78 is 20.1. The standard InChI is InChI=1S/C23H22FN5O/c1-15-21(18-4-2-3-5-20(18)26-15)22-19(24)14-25-23(28-22)27-16-6-8-17(9-7-16)29-10-12-30-13-11-29/h2-9,14,26H,10-13H2,1H3,(H,25,27,28). The zero-order valence-electron chi connectivity index (χ0n) is 16.7. The smallest absolute Gasteiger partial charge is 0.227 e. The minimum absolute atomic E-state index is 0.285. The van der Waals surface area contributed by atoms with Crippen LogP contribution >= 0.6 is 0 Å². The quantitative estimate of drug-likeness (QED) is 0.519. The number of fused-ring (bicyclic) bond motifs is 1. The van der Waals surface area contributed by atoms with E-state index in [0.29, 0.717) is 5.95 Å². The molecule has 2 N–H and O–H groups in total. The summed E-state index contributed by atoms with van der Waals surface area (Å²) in [4.78, 5) is 14.2. The molecule has 2 aromatic carbocycles. The molecule has 0 amide bonds. The van der Waals surface area contributed by atoms with Gasteiger partial charge < -0.3 is 19.9 Å². The number of H-pyrrole nitrogens is 1. The summed E-state index contributed by atoms with van der Waals surface area (Å²) in [7, 11) is 0. The largest absolute Gasteiger partial charge is 0.378 e. The topological polar surface area (TPSA) is 66.1 Å². The minimum Gasteiger partial charge on any atom is -0.378 e. The first-order chi connectivity index (χ1) is 14.7. The van der Waals surface area contributed by atoms with Crippen molar-refractivity contribution < 1.29 is 9.13 Å². The Morgan fingerprint density at radius 1 is 1.07 bits per heavy atom. The zero-order valence-corrected chi connectivity index (χ0v) is 16.7. The van der Waals surface area contributed by atoms with Gasteiger partial charge in [0.2, 0.25) is 5.95 Å². The van der Waals surface area contributed by atoms with E-state index in [9.17, 15) is 4.39 Å². The third-order valence-corrected chi connectivity index (χ3v) is 5.37. The second-order valence-electron chi connectivity index (χ2n) is 7.33. The molecule has 4 aromatic rings. The van der Waals surface area contributed by atoms with Crippen molar-refractivity contribution in [1.29, 1.82) is 0 Å². The Bertz CT molecular complexity index is 1180. The number of ether oxygens (including phenoxy) is 1. The number of halogens is 1. The predicted molar refractivity (Wildman–Crippen MR) is 117 cm³/mol. The molecular formula is C23H22FN5O. The Morgan fingerprint density at radius 3 is 2.63 bits per heavy atom. The van der Waals surface area contributed by atoms with Crippen LogP contribution in [0.4, 0.5) is 21.7 Å². The van der Waals surface area contributed by atoms with Crippen LogP contribution in [-0.4, -0.2) is 41.3 Å². The minimum atomic E-state index is -0.448. The van der Waals surface area contributed by atoms with Crippen LogP contribution in [0.5, 0.6) is 0 Å². The highest BCUT2D eigenvalue weighted by molar-refractivity contribution is 5.96. The van der Waals surface area contributed by atoms with E-state index in [-0.39, 0.29) is 5.69 Å². The van der Waals surface area contributed by atoms with Gasteiger partial charge in [-0.05, 0) is 37.3 Å². The lowest BCUT2D eigenvalue weighted by Gasteiger charge is -2.28. The second-order valence-corrected chi connectivity index (χ2v) is 7.33. The maximum Gasteiger partial charge on any atom is 0.227 e. The van der Waals surface area contributed by atoms with Gasteiger partial charge in [-0.3, -0.25) is 0 Å². The van der Waals surface area contributed by atoms with Crippen LogP contribution in [0, 0.1) is 12.7 Å². The van der Waals surface area contributed by atoms with Crippen molar-refractivity contribution in [2.24, 2.45) is 0 Å². The van der Waals surface area contributed by atoms with Crippen LogP contribution in [0.3, 0.4) is 0 Å². The molecule has 1 saturated heterocycles. The van der Waals surface area contributed by atoms with Crippen LogP contribution < -0.4 is 10.2 Å². The molecule has 152 valence electrons. The fourth-order valence-electron chi connectivity index (χ4n) is 3.89. The van der Waals surface area contributed by atoms with Gasteiger partial charge in [0.15, 0.2) is 5.82 Å². The number of morpholine rings is 1. The SMILES string of the molecule is Cc1[nH]c2ccccc2c1-c1nc(Nc2ccc(N3CCOCC3)cc2)ncc1F. The second kappa shape index (κ2) is 7.76. The summed E-state index contributed by atoms with van der Waals surface area (Å²) in [6.45, 7) is 5.20. The molecule has 0 radical (unpaired) electrons. The molecule has 0 saturated carbocycles. The van der Waals surface area contributed by atoms with Gasteiger partial charge in [0.25, 0.3) is 0 Å². The van der Waals surface area contributed by atoms with Crippen LogP contribution in [0.2, 0.25) is 0 Å². The number of rotatable bonds is 4. The number of aromatic amines is 1. The molecular weight excluding hydrogens is 381 g/mol. The van der Waals surface area contributed by atoms with Gasteiger partial charge >= 0.3 is 0 Å². The molecule has 5 rings (SSSR count). The van der Waals surface area contributed by atoms with E-state index in [0.717, 1.165) is 59.8 Å². The summed E-state index contributed by atoms with van der Waals surface area (Å²) in [5.74, 6) is -0.0914. The predicted octanol–water partition coefficient (Wildman–Crippen LogP) is 4.65. The molecule has 30 heavy (non-hydrogen) atoms. The number of aromatic nitrogens is 3. The molecule has 2 aromatic heterocycles. The number of aryl methyl sites for hydroxylation is 1. The number of nitrogens with zero attached hydrogens (tertiary/aromatic N) is 3. The summed E-state index contributed by atoms with van der Waals surface area (Å²) in [5.41, 5.74) is 4.87. The van der Waals surface area contributed by atoms with E-state index in [4.69, 9.17) is 4.74 Å². The van der Waals surface area contributed by atoms with Gasteiger partial charge in [-0.2, -0.15) is 0 Å². The van der Waals surface area contributed by atoms with E-state index in [1.165, 1.54) is 6.20 Å². The molecule has 1 fully saturated rings. The van der Waals surface area contributed by atoms with Gasteiger partial charge in [0.05, 0.1) is 19.4 Å². The monoisotopic (exact) mass is 403 g/mol. The average molecular weight is 403 g/mol. The van der Waals surface area contributed by atoms with Crippen LogP contribution in [0.15, 0.2) is 54.7 Å². The third kappa shape index (κ3) is 3.48. The fourth-order valence-corrected chi connectivity index (χ4v) is 3.89. The molecule has 0 unspecified atom stereocenters. The average Bonchev–Trinajstić information content (AvgIpc) is 3.12. The van der Waals surface area contributed by atoms with Crippen molar-refractivity contribution in [3.8, 4) is 11.3 Å². The Labute approximate surface area is 173 Å². The van der Waals surface area contributed by atoms with Crippen LogP contribution in [0.1, 0.15) is 5.69 Å². The number of anilines is 3. The molecule has 1 aliphatic rings. The normalized spacial score (nSPS) is 14.3. The van der Waals surface area contributed by atoms with Gasteiger partial charge in [0, 0.05) is 46.6 Å². The lowest BCUT2D eigenvalue weighted by molar-refractivity contribution is 0.122. The molecule has 1 aliphatic heterocycles. The number of nitrogens with one attached hydrogen (secondary N) is 2. The maximum atomic E-state index is 14.7. The third-order valence-electron chi connectivity index (χ3n) is 5.37. The number of hydrogen-bond acceptors (Lipinski definition) is 5. The molecule has 0 spiro atoms. The fraction of sp³-hybridized carbons (Fsp3) is 0.217. The maximum absolute atomic E-state index is 14.7. The van der Waals surface area contributed by atoms with Crippen molar-refractivity contribution in [3.63, 3.8) is 0 Å². The van der Waals surface area contributed by atoms with Crippen LogP contribution in [-0.2, 0) is 4.74 Å². The molecule has 0 atom stereocenters. The first-order valence-electron chi connectivity index (χ1n) is 9.99. The summed E-state index contributed by atoms with van der Waals surface area (Å²) in [6, 6.07) is 15.9. The van der Waals surface area contributed by atoms with Crippen molar-refractivity contribution in [3.05, 3.63) is 66.2 Å². The lowest BCUT2D eigenvalue weighted by atomic mass is 10.1. The zero-order chi connectivity index (χ0) is 20.5. The number of hydrogen-bond donors (Lipinski definition) is 2. The van der Waals surface area contributed by atoms with E-state index in [2.05, 4.69) is 37.3 Å². The first-order valence-corrected chi connectivity index (χ1v) is 9.99. The molecule has 0 aliphatic carbocycles. The van der Waals surface area contributed by atoms with E-state index < -0.39 is 5.82 Å². The highest BCUT2D eigenvalue weighted by atomic mass is 19.1. The van der Waals surface area contributed by atoms with Gasteiger partial charge in [0.1, 0.15) is 5.69 Å². The van der Waals surface area contributed by atoms with E-state index in [1.54, 1.807) is 0 Å². The van der Waals surface area contributed by atoms with Gasteiger partial charge in [-0.25, -0.2) is 14.4 Å². The molecule has 6 nitrogen and oxygen atoms in total. The van der Waals surface area contributed by atoms with Gasteiger partial charge in [-0.15, -0.1) is 0 Å².